The number of aromatic nitrogens is 3. The Morgan fingerprint density at radius 2 is 1.92 bits per heavy atom. The van der Waals surface area contributed by atoms with Gasteiger partial charge in [-0.1, -0.05) is 42.5 Å². The van der Waals surface area contributed by atoms with E-state index in [0.717, 1.165) is 17.5 Å². The van der Waals surface area contributed by atoms with E-state index in [1.807, 2.05) is 49.4 Å². The number of carbonyl (C=O) groups is 3. The zero-order valence-corrected chi connectivity index (χ0v) is 29.6. The predicted molar refractivity (Wildman–Crippen MR) is 199 cm³/mol. The Kier molecular flexibility index (Phi) is 11.9. The molecule has 0 spiro atoms. The van der Waals surface area contributed by atoms with Gasteiger partial charge in [0.25, 0.3) is 0 Å². The highest BCUT2D eigenvalue weighted by Gasteiger charge is 2.33. The molecule has 2 aliphatic heterocycles. The second-order valence-corrected chi connectivity index (χ2v) is 12.3. The first-order chi connectivity index (χ1) is 25.1. The molecule has 2 aromatic heterocycles. The van der Waals surface area contributed by atoms with Crippen molar-refractivity contribution in [2.24, 2.45) is 0 Å². The second kappa shape index (κ2) is 16.7. The van der Waals surface area contributed by atoms with Crippen molar-refractivity contribution in [2.75, 3.05) is 30.4 Å². The minimum absolute atomic E-state index is 0.0349. The highest BCUT2D eigenvalue weighted by atomic mass is 16.3. The lowest BCUT2D eigenvalue weighted by atomic mass is 10.0. The molecule has 4 heterocycles. The number of hydrogen-bond donors (Lipinski definition) is 5. The molecule has 2 aliphatic rings. The van der Waals surface area contributed by atoms with E-state index in [2.05, 4.69) is 37.5 Å². The number of benzene rings is 1. The van der Waals surface area contributed by atoms with Gasteiger partial charge in [0.2, 0.25) is 11.9 Å². The van der Waals surface area contributed by atoms with Crippen molar-refractivity contribution < 1.29 is 24.6 Å². The monoisotopic (exact) mass is 705 g/mol. The molecular weight excluding hydrogens is 662 g/mol. The topological polar surface area (TPSA) is 176 Å². The average molecular weight is 706 g/mol. The van der Waals surface area contributed by atoms with E-state index in [9.17, 15) is 24.6 Å². The van der Waals surface area contributed by atoms with Crippen molar-refractivity contribution in [1.29, 1.82) is 0 Å². The lowest BCUT2D eigenvalue weighted by Gasteiger charge is -2.35. The van der Waals surface area contributed by atoms with Gasteiger partial charge < -0.3 is 25.7 Å². The number of aliphatic hydroxyl groups is 2. The number of urea groups is 1. The van der Waals surface area contributed by atoms with Crippen LogP contribution in [0.3, 0.4) is 0 Å². The van der Waals surface area contributed by atoms with E-state index in [1.54, 1.807) is 51.5 Å². The number of nitrogens with one attached hydrogen (secondary N) is 3. The van der Waals surface area contributed by atoms with Crippen LogP contribution in [-0.2, 0) is 16.1 Å². The van der Waals surface area contributed by atoms with E-state index < -0.39 is 12.3 Å². The quantitative estimate of drug-likeness (QED) is 0.0559. The van der Waals surface area contributed by atoms with Gasteiger partial charge in [0.1, 0.15) is 18.1 Å². The van der Waals surface area contributed by atoms with Crippen molar-refractivity contribution in [3.05, 3.63) is 125 Å². The fourth-order valence-corrected chi connectivity index (χ4v) is 5.86. The molecule has 2 atom stereocenters. The second-order valence-electron chi connectivity index (χ2n) is 12.3. The van der Waals surface area contributed by atoms with Crippen LogP contribution < -0.4 is 20.9 Å². The Hall–Kier alpha value is -6.12. The zero-order chi connectivity index (χ0) is 37.4. The Balaban J connectivity index is 1.34. The van der Waals surface area contributed by atoms with Crippen LogP contribution in [-0.4, -0.2) is 85.6 Å². The van der Waals surface area contributed by atoms with Crippen molar-refractivity contribution in [3.63, 3.8) is 0 Å². The highest BCUT2D eigenvalue weighted by Crippen LogP contribution is 2.31. The van der Waals surface area contributed by atoms with Crippen molar-refractivity contribution >= 4 is 41.4 Å². The smallest absolute Gasteiger partial charge is 0.330 e. The number of carbonyl (C=O) groups excluding carboxylic acids is 3. The Labute approximate surface area is 302 Å². The number of rotatable bonds is 13. The van der Waals surface area contributed by atoms with Crippen LogP contribution >= 0.6 is 0 Å². The van der Waals surface area contributed by atoms with Gasteiger partial charge in [0.15, 0.2) is 6.29 Å². The average Bonchev–Trinajstić information content (AvgIpc) is 3.25. The van der Waals surface area contributed by atoms with Gasteiger partial charge in [-0.3, -0.25) is 29.7 Å². The fourth-order valence-electron chi connectivity index (χ4n) is 5.86. The molecular formula is C38H43N9O5. The van der Waals surface area contributed by atoms with Gasteiger partial charge in [-0.25, -0.2) is 9.78 Å². The molecule has 0 aliphatic carbocycles. The van der Waals surface area contributed by atoms with Gasteiger partial charge in [0.05, 0.1) is 41.7 Å². The summed E-state index contributed by atoms with van der Waals surface area (Å²) < 4.78 is 0. The maximum absolute atomic E-state index is 13.6. The predicted octanol–water partition coefficient (Wildman–Crippen LogP) is 4.44. The third-order valence-corrected chi connectivity index (χ3v) is 8.57. The molecule has 3 aromatic rings. The van der Waals surface area contributed by atoms with Crippen LogP contribution in [0.4, 0.5) is 22.2 Å². The molecule has 1 unspecified atom stereocenters. The molecule has 0 saturated heterocycles. The van der Waals surface area contributed by atoms with Gasteiger partial charge in [-0.05, 0) is 44.5 Å². The van der Waals surface area contributed by atoms with E-state index in [4.69, 9.17) is 0 Å². The molecule has 52 heavy (non-hydrogen) atoms. The third kappa shape index (κ3) is 8.25. The number of pyridine rings is 1. The molecule has 270 valence electrons. The summed E-state index contributed by atoms with van der Waals surface area (Å²) in [5, 5.41) is 30.3. The van der Waals surface area contributed by atoms with Crippen LogP contribution in [0.5, 0.6) is 0 Å². The Morgan fingerprint density at radius 1 is 1.15 bits per heavy atom. The standard InChI is InChI=1S/C38H43N9O5/c1-6-18-46-32(30(23-49)34(42-26(4)36(46)51)27-10-8-7-9-11-27)14-15-33(50)39-17-16-31(24(2)22-48)47-21-28-19-41-37(44-35(28)45(5)38(47)52)43-29-13-12-25(3)40-20-29/h6-14,16,19-20,22-23,26,33,39,42,48,50H,1,15,17-18,21H2,2-5H3,(H,41,43,44)/b24-22-,31-16+,32-14+/t26-,33?/m0/s1. The molecule has 5 rings (SSSR count). The van der Waals surface area contributed by atoms with E-state index in [-0.39, 0.29) is 43.6 Å². The van der Waals surface area contributed by atoms with Crippen LogP contribution in [0.15, 0.2) is 108 Å². The summed E-state index contributed by atoms with van der Waals surface area (Å²) in [6.45, 7) is 9.47. The van der Waals surface area contributed by atoms with Gasteiger partial charge in [-0.2, -0.15) is 4.98 Å². The van der Waals surface area contributed by atoms with Crippen LogP contribution in [0.2, 0.25) is 0 Å². The number of aldehydes is 1. The molecule has 0 bridgehead atoms. The number of hydrogen-bond acceptors (Lipinski definition) is 11. The number of allylic oxidation sites excluding steroid dienone is 2. The molecule has 5 N–H and O–H groups in total. The zero-order valence-electron chi connectivity index (χ0n) is 29.6. The van der Waals surface area contributed by atoms with Crippen LogP contribution in [0, 0.1) is 6.92 Å². The summed E-state index contributed by atoms with van der Waals surface area (Å²) in [6, 6.07) is 12.0. The number of aliphatic hydroxyl groups excluding tert-OH is 2. The number of aryl methyl sites for hydroxylation is 1. The normalized spacial score (nSPS) is 18.2. The molecule has 14 heteroatoms. The first-order valence-corrected chi connectivity index (χ1v) is 16.7. The lowest BCUT2D eigenvalue weighted by Crippen LogP contribution is -2.45. The summed E-state index contributed by atoms with van der Waals surface area (Å²) in [4.78, 5) is 57.3. The number of nitrogens with zero attached hydrogens (tertiary/aromatic N) is 6. The molecule has 0 saturated carbocycles. The van der Waals surface area contributed by atoms with Gasteiger partial charge >= 0.3 is 6.03 Å². The number of amides is 3. The minimum Gasteiger partial charge on any atom is -0.515 e. The molecule has 1 aromatic carbocycles. The van der Waals surface area contributed by atoms with E-state index in [1.165, 1.54) is 14.7 Å². The van der Waals surface area contributed by atoms with Crippen LogP contribution in [0.25, 0.3) is 5.70 Å². The lowest BCUT2D eigenvalue weighted by molar-refractivity contribution is -0.130. The maximum atomic E-state index is 13.6. The highest BCUT2D eigenvalue weighted by molar-refractivity contribution is 5.99. The number of fused-ring (bicyclic) bond motifs is 1. The van der Waals surface area contributed by atoms with Crippen molar-refractivity contribution in [1.82, 2.24) is 35.4 Å². The van der Waals surface area contributed by atoms with E-state index >= 15 is 0 Å². The molecule has 14 nitrogen and oxygen atoms in total. The largest absolute Gasteiger partial charge is 0.515 e. The van der Waals surface area contributed by atoms with Gasteiger partial charge in [-0.15, -0.1) is 6.58 Å². The Morgan fingerprint density at radius 3 is 2.60 bits per heavy atom. The third-order valence-electron chi connectivity index (χ3n) is 8.57. The summed E-state index contributed by atoms with van der Waals surface area (Å²) >= 11 is 0. The van der Waals surface area contributed by atoms with Crippen LogP contribution in [0.1, 0.15) is 37.1 Å². The Bertz CT molecular complexity index is 1940. The fraction of sp³-hybridized carbons (Fsp3) is 0.263. The molecule has 3 amide bonds. The first kappa shape index (κ1) is 37.1. The van der Waals surface area contributed by atoms with Gasteiger partial charge in [0, 0.05) is 55.3 Å². The summed E-state index contributed by atoms with van der Waals surface area (Å²) in [5.74, 6) is 0.500. The molecule has 0 radical (unpaired) electrons. The maximum Gasteiger partial charge on any atom is 0.330 e. The SMILES string of the molecule is C=CCN1C(=O)[C@H](C)NC(c2ccccc2)=C(C=O)/C1=C\CC(O)NC/C=C(\C(C)=C/O)N1Cc2cnc(Nc3ccc(C)nc3)nc2N(C)C1=O. The molecule has 0 fully saturated rings. The first-order valence-electron chi connectivity index (χ1n) is 16.7. The summed E-state index contributed by atoms with van der Waals surface area (Å²) in [5.41, 5.74) is 4.98. The minimum atomic E-state index is -1.10. The van der Waals surface area contributed by atoms with Crippen molar-refractivity contribution in [3.8, 4) is 0 Å². The summed E-state index contributed by atoms with van der Waals surface area (Å²) in [7, 11) is 1.61. The van der Waals surface area contributed by atoms with Crippen molar-refractivity contribution in [2.45, 2.75) is 46.0 Å². The van der Waals surface area contributed by atoms with E-state index in [0.29, 0.717) is 52.0 Å². The number of anilines is 3. The summed E-state index contributed by atoms with van der Waals surface area (Å²) in [6.07, 6.45) is 8.78.